The molecule has 1 fully saturated rings. The molecule has 1 unspecified atom stereocenters. The Kier molecular flexibility index (Phi) is 4.01. The first-order chi connectivity index (χ1) is 9.17. The minimum absolute atomic E-state index is 0.0118. The highest BCUT2D eigenvalue weighted by Crippen LogP contribution is 2.35. The molecule has 0 radical (unpaired) electrons. The summed E-state index contributed by atoms with van der Waals surface area (Å²) in [5.41, 5.74) is 6.09. The summed E-state index contributed by atoms with van der Waals surface area (Å²) in [7, 11) is -4.66. The number of nitrogens with two attached hydrogens (primary N) is 1. The molecule has 2 N–H and O–H groups in total. The Hall–Kier alpha value is -1.22. The van der Waals surface area contributed by atoms with Crippen LogP contribution >= 0.6 is 15.9 Å². The first-order valence-electron chi connectivity index (χ1n) is 5.64. The van der Waals surface area contributed by atoms with Gasteiger partial charge < -0.3 is 10.6 Å². The van der Waals surface area contributed by atoms with Gasteiger partial charge in [0.05, 0.1) is 17.1 Å². The summed E-state index contributed by atoms with van der Waals surface area (Å²) in [6.07, 6.45) is -0.114. The van der Waals surface area contributed by atoms with Crippen LogP contribution in [0.2, 0.25) is 0 Å². The minimum Gasteiger partial charge on any atom is -0.396 e. The molecule has 1 amide bonds. The third kappa shape index (κ3) is 3.26. The number of amides is 1. The lowest BCUT2D eigenvalue weighted by Gasteiger charge is -2.19. The van der Waals surface area contributed by atoms with Gasteiger partial charge in [0.2, 0.25) is 5.91 Å². The Morgan fingerprint density at radius 2 is 2.10 bits per heavy atom. The van der Waals surface area contributed by atoms with Crippen molar-refractivity contribution in [3.8, 4) is 0 Å². The molecule has 110 valence electrons. The predicted octanol–water partition coefficient (Wildman–Crippen LogP) is 1.82. The molecule has 0 aromatic heterocycles. The maximum Gasteiger partial charge on any atom is 0.302 e. The van der Waals surface area contributed by atoms with E-state index in [2.05, 4.69) is 15.9 Å². The Balaban J connectivity index is 2.29. The number of carbonyl (C=O) groups excluding carboxylic acids is 1. The Bertz CT molecular complexity index is 666. The maximum atomic E-state index is 13.4. The highest BCUT2D eigenvalue weighted by atomic mass is 79.9. The number of nitrogen functional groups attached to an aromatic ring is 1. The van der Waals surface area contributed by atoms with Crippen LogP contribution in [-0.4, -0.2) is 26.6 Å². The zero-order valence-corrected chi connectivity index (χ0v) is 12.5. The molecule has 1 saturated heterocycles. The van der Waals surface area contributed by atoms with E-state index in [-0.39, 0.29) is 24.3 Å². The van der Waals surface area contributed by atoms with E-state index in [1.54, 1.807) is 0 Å². The molecule has 1 atom stereocenters. The van der Waals surface area contributed by atoms with E-state index in [1.165, 1.54) is 4.90 Å². The van der Waals surface area contributed by atoms with Crippen LogP contribution in [0.1, 0.15) is 6.42 Å². The first-order valence-corrected chi connectivity index (χ1v) is 7.99. The van der Waals surface area contributed by atoms with Gasteiger partial charge >= 0.3 is 10.2 Å². The van der Waals surface area contributed by atoms with Crippen molar-refractivity contribution in [2.24, 2.45) is 5.92 Å². The molecular formula is C11H11BrF2N2O3S. The van der Waals surface area contributed by atoms with Crippen LogP contribution in [0.25, 0.3) is 0 Å². The number of carbonyl (C=O) groups is 1. The van der Waals surface area contributed by atoms with Crippen molar-refractivity contribution in [2.75, 3.05) is 22.9 Å². The first kappa shape index (κ1) is 15.2. The lowest BCUT2D eigenvalue weighted by Crippen LogP contribution is -2.26. The average molecular weight is 369 g/mol. The second-order valence-corrected chi connectivity index (χ2v) is 6.87. The van der Waals surface area contributed by atoms with Gasteiger partial charge in [-0.2, -0.15) is 8.42 Å². The third-order valence-corrected chi connectivity index (χ3v) is 4.53. The van der Waals surface area contributed by atoms with Gasteiger partial charge in [0, 0.05) is 23.4 Å². The van der Waals surface area contributed by atoms with Gasteiger partial charge in [-0.05, 0) is 28.1 Å². The van der Waals surface area contributed by atoms with Gasteiger partial charge in [0.1, 0.15) is 5.82 Å². The summed E-state index contributed by atoms with van der Waals surface area (Å²) in [6.45, 7) is -0.0118. The molecular weight excluding hydrogens is 358 g/mol. The van der Waals surface area contributed by atoms with Gasteiger partial charge in [-0.15, -0.1) is 3.89 Å². The summed E-state index contributed by atoms with van der Waals surface area (Å²) in [4.78, 5) is 13.0. The normalized spacial score (nSPS) is 19.6. The maximum absolute atomic E-state index is 13.4. The number of benzene rings is 1. The fourth-order valence-electron chi connectivity index (χ4n) is 2.20. The number of halogens is 3. The molecule has 20 heavy (non-hydrogen) atoms. The zero-order chi connectivity index (χ0) is 15.1. The van der Waals surface area contributed by atoms with Crippen LogP contribution in [0.5, 0.6) is 0 Å². The van der Waals surface area contributed by atoms with Crippen LogP contribution in [0.4, 0.5) is 19.7 Å². The SMILES string of the molecule is Nc1c(Br)cc(F)cc1N1CC(CS(=O)(=O)F)CC1=O. The van der Waals surface area contributed by atoms with Crippen LogP contribution in [0.15, 0.2) is 16.6 Å². The van der Waals surface area contributed by atoms with Gasteiger partial charge in [0.15, 0.2) is 0 Å². The van der Waals surface area contributed by atoms with Crippen molar-refractivity contribution in [1.29, 1.82) is 0 Å². The zero-order valence-electron chi connectivity index (χ0n) is 10.1. The molecule has 5 nitrogen and oxygen atoms in total. The quantitative estimate of drug-likeness (QED) is 0.651. The van der Waals surface area contributed by atoms with E-state index < -0.39 is 33.6 Å². The fraction of sp³-hybridized carbons (Fsp3) is 0.364. The monoisotopic (exact) mass is 368 g/mol. The smallest absolute Gasteiger partial charge is 0.302 e. The number of hydrogen-bond acceptors (Lipinski definition) is 4. The second-order valence-electron chi connectivity index (χ2n) is 4.60. The molecule has 1 aromatic carbocycles. The van der Waals surface area contributed by atoms with E-state index in [0.29, 0.717) is 4.47 Å². The van der Waals surface area contributed by atoms with E-state index in [4.69, 9.17) is 5.73 Å². The van der Waals surface area contributed by atoms with E-state index in [9.17, 15) is 21.5 Å². The highest BCUT2D eigenvalue weighted by molar-refractivity contribution is 9.10. The molecule has 1 aromatic rings. The Morgan fingerprint density at radius 1 is 1.45 bits per heavy atom. The van der Waals surface area contributed by atoms with Crippen molar-refractivity contribution < 1.29 is 21.5 Å². The van der Waals surface area contributed by atoms with Crippen molar-refractivity contribution in [2.45, 2.75) is 6.42 Å². The summed E-state index contributed by atoms with van der Waals surface area (Å²) in [5.74, 6) is -2.40. The fourth-order valence-corrected chi connectivity index (χ4v) is 3.41. The van der Waals surface area contributed by atoms with Gasteiger partial charge in [-0.1, -0.05) is 0 Å². The predicted molar refractivity (Wildman–Crippen MR) is 73.9 cm³/mol. The number of nitrogens with zero attached hydrogens (tertiary/aromatic N) is 1. The molecule has 2 rings (SSSR count). The van der Waals surface area contributed by atoms with E-state index in [0.717, 1.165) is 12.1 Å². The van der Waals surface area contributed by atoms with Gasteiger partial charge in [-0.3, -0.25) is 4.79 Å². The lowest BCUT2D eigenvalue weighted by atomic mass is 10.1. The topological polar surface area (TPSA) is 80.5 Å². The van der Waals surface area contributed by atoms with Gasteiger partial charge in [-0.25, -0.2) is 4.39 Å². The molecule has 1 aliphatic rings. The number of hydrogen-bond donors (Lipinski definition) is 1. The molecule has 1 heterocycles. The number of anilines is 2. The van der Waals surface area contributed by atoms with Crippen LogP contribution in [0, 0.1) is 11.7 Å². The molecule has 0 aliphatic carbocycles. The lowest BCUT2D eigenvalue weighted by molar-refractivity contribution is -0.117. The molecule has 0 bridgehead atoms. The Labute approximate surface area is 123 Å². The summed E-state index contributed by atoms with van der Waals surface area (Å²) in [5, 5.41) is 0. The van der Waals surface area contributed by atoms with Crippen LogP contribution in [0.3, 0.4) is 0 Å². The largest absolute Gasteiger partial charge is 0.396 e. The molecule has 0 saturated carbocycles. The molecule has 0 spiro atoms. The van der Waals surface area contributed by atoms with Crippen LogP contribution < -0.4 is 10.6 Å². The molecule has 9 heteroatoms. The minimum atomic E-state index is -4.66. The van der Waals surface area contributed by atoms with Crippen molar-refractivity contribution in [3.63, 3.8) is 0 Å². The number of rotatable bonds is 3. The summed E-state index contributed by atoms with van der Waals surface area (Å²) >= 11 is 3.07. The molecule has 1 aliphatic heterocycles. The highest BCUT2D eigenvalue weighted by Gasteiger charge is 2.34. The summed E-state index contributed by atoms with van der Waals surface area (Å²) < 4.78 is 47.6. The van der Waals surface area contributed by atoms with Gasteiger partial charge in [0.25, 0.3) is 0 Å². The van der Waals surface area contributed by atoms with Crippen molar-refractivity contribution in [1.82, 2.24) is 0 Å². The van der Waals surface area contributed by atoms with Crippen molar-refractivity contribution >= 4 is 43.4 Å². The van der Waals surface area contributed by atoms with E-state index in [1.807, 2.05) is 0 Å². The Morgan fingerprint density at radius 3 is 2.70 bits per heavy atom. The van der Waals surface area contributed by atoms with Crippen LogP contribution in [-0.2, 0) is 15.0 Å². The standard InChI is InChI=1S/C11H11BrF2N2O3S/c12-8-2-7(13)3-9(11(8)15)16-4-6(1-10(16)17)5-20(14,18)19/h2-3,6H,1,4-5,15H2. The van der Waals surface area contributed by atoms with E-state index >= 15 is 0 Å². The third-order valence-electron chi connectivity index (χ3n) is 3.00. The van der Waals surface area contributed by atoms with Crippen molar-refractivity contribution in [3.05, 3.63) is 22.4 Å². The average Bonchev–Trinajstić information content (AvgIpc) is 2.62. The summed E-state index contributed by atoms with van der Waals surface area (Å²) in [6, 6.07) is 2.24. The second kappa shape index (κ2) is 5.28.